The van der Waals surface area contributed by atoms with Crippen LogP contribution in [-0.4, -0.2) is 34.9 Å². The number of nitrogens with one attached hydrogen (secondary N) is 2. The van der Waals surface area contributed by atoms with E-state index in [-0.39, 0.29) is 24.0 Å². The van der Waals surface area contributed by atoms with E-state index in [2.05, 4.69) is 10.6 Å². The third-order valence-electron chi connectivity index (χ3n) is 4.23. The number of esters is 1. The SMILES string of the molecule is CC(=O)Nc1ccc(C(=O)[C@H](C)OC(=O)C[C@H]2Sc3ccccc3NC2=O)cc1. The number of carbonyl (C=O) groups excluding carboxylic acids is 4. The Labute approximate surface area is 172 Å². The Morgan fingerprint density at radius 2 is 1.83 bits per heavy atom. The molecule has 0 fully saturated rings. The lowest BCUT2D eigenvalue weighted by Crippen LogP contribution is -2.33. The van der Waals surface area contributed by atoms with Crippen LogP contribution in [-0.2, 0) is 19.1 Å². The summed E-state index contributed by atoms with van der Waals surface area (Å²) in [7, 11) is 0. The number of ether oxygens (including phenoxy) is 1. The zero-order chi connectivity index (χ0) is 21.0. The predicted molar refractivity (Wildman–Crippen MR) is 110 cm³/mol. The Morgan fingerprint density at radius 3 is 2.52 bits per heavy atom. The Balaban J connectivity index is 1.57. The first-order chi connectivity index (χ1) is 13.8. The van der Waals surface area contributed by atoms with E-state index in [0.717, 1.165) is 10.6 Å². The minimum atomic E-state index is -0.988. The van der Waals surface area contributed by atoms with Gasteiger partial charge in [0.1, 0.15) is 0 Å². The van der Waals surface area contributed by atoms with Crippen molar-refractivity contribution in [1.29, 1.82) is 0 Å². The normalized spacial score (nSPS) is 16.2. The number of hydrogen-bond acceptors (Lipinski definition) is 6. The summed E-state index contributed by atoms with van der Waals surface area (Å²) in [5.74, 6) is -1.46. The molecule has 1 heterocycles. The predicted octanol–water partition coefficient (Wildman–Crippen LogP) is 3.26. The van der Waals surface area contributed by atoms with Crippen molar-refractivity contribution in [1.82, 2.24) is 0 Å². The molecular formula is C21H20N2O5S. The van der Waals surface area contributed by atoms with Gasteiger partial charge in [0.15, 0.2) is 6.10 Å². The molecule has 2 amide bonds. The molecule has 2 aromatic rings. The molecule has 0 bridgehead atoms. The molecule has 0 aliphatic carbocycles. The van der Waals surface area contributed by atoms with Crippen molar-refractivity contribution >= 4 is 46.7 Å². The van der Waals surface area contributed by atoms with Crippen molar-refractivity contribution in [3.8, 4) is 0 Å². The molecule has 150 valence electrons. The summed E-state index contributed by atoms with van der Waals surface area (Å²) in [6.07, 6.45) is -1.12. The molecule has 0 aromatic heterocycles. The summed E-state index contributed by atoms with van der Waals surface area (Å²) >= 11 is 1.30. The Morgan fingerprint density at radius 1 is 1.14 bits per heavy atom. The van der Waals surface area contributed by atoms with Gasteiger partial charge in [-0.2, -0.15) is 0 Å². The molecule has 0 unspecified atom stereocenters. The van der Waals surface area contributed by atoms with Gasteiger partial charge in [0.25, 0.3) is 0 Å². The van der Waals surface area contributed by atoms with Gasteiger partial charge in [0.2, 0.25) is 17.6 Å². The lowest BCUT2D eigenvalue weighted by molar-refractivity contribution is -0.147. The number of ketones is 1. The highest BCUT2D eigenvalue weighted by Crippen LogP contribution is 2.36. The van der Waals surface area contributed by atoms with Gasteiger partial charge in [-0.25, -0.2) is 0 Å². The van der Waals surface area contributed by atoms with Gasteiger partial charge < -0.3 is 15.4 Å². The van der Waals surface area contributed by atoms with Crippen LogP contribution in [0.2, 0.25) is 0 Å². The molecular weight excluding hydrogens is 392 g/mol. The third kappa shape index (κ3) is 5.23. The van der Waals surface area contributed by atoms with Gasteiger partial charge in [-0.15, -0.1) is 11.8 Å². The number of benzene rings is 2. The molecule has 3 rings (SSSR count). The highest BCUT2D eigenvalue weighted by molar-refractivity contribution is 8.01. The van der Waals surface area contributed by atoms with Gasteiger partial charge in [-0.05, 0) is 43.3 Å². The topological polar surface area (TPSA) is 102 Å². The second kappa shape index (κ2) is 8.91. The van der Waals surface area contributed by atoms with E-state index in [0.29, 0.717) is 11.3 Å². The Kier molecular flexibility index (Phi) is 6.33. The molecule has 8 heteroatoms. The fraction of sp³-hybridized carbons (Fsp3) is 0.238. The molecule has 0 saturated heterocycles. The van der Waals surface area contributed by atoms with E-state index in [4.69, 9.17) is 4.74 Å². The summed E-state index contributed by atoms with van der Waals surface area (Å²) in [6.45, 7) is 2.88. The zero-order valence-corrected chi connectivity index (χ0v) is 16.7. The number of Topliss-reactive ketones (excluding diaryl/α,β-unsaturated/α-hetero) is 1. The van der Waals surface area contributed by atoms with Crippen molar-refractivity contribution in [3.63, 3.8) is 0 Å². The van der Waals surface area contributed by atoms with E-state index in [1.165, 1.54) is 25.6 Å². The molecule has 7 nitrogen and oxygen atoms in total. The van der Waals surface area contributed by atoms with E-state index >= 15 is 0 Å². The standard InChI is InChI=1S/C21H20N2O5S/c1-12(20(26)14-7-9-15(10-8-14)22-13(2)24)28-19(25)11-18-21(27)23-16-5-3-4-6-17(16)29-18/h3-10,12,18H,11H2,1-2H3,(H,22,24)(H,23,27)/t12-,18+/m0/s1. The number of amides is 2. The average molecular weight is 412 g/mol. The minimum Gasteiger partial charge on any atom is -0.454 e. The first-order valence-corrected chi connectivity index (χ1v) is 9.89. The quantitative estimate of drug-likeness (QED) is 0.558. The maximum atomic E-state index is 12.5. The van der Waals surface area contributed by atoms with Crippen LogP contribution in [0.25, 0.3) is 0 Å². The maximum Gasteiger partial charge on any atom is 0.308 e. The molecule has 2 N–H and O–H groups in total. The number of thioether (sulfide) groups is 1. The number of anilines is 2. The fourth-order valence-corrected chi connectivity index (χ4v) is 3.93. The van der Waals surface area contributed by atoms with Gasteiger partial charge in [0.05, 0.1) is 17.4 Å². The van der Waals surface area contributed by atoms with Crippen LogP contribution in [0.1, 0.15) is 30.6 Å². The van der Waals surface area contributed by atoms with Crippen LogP contribution in [0.4, 0.5) is 11.4 Å². The van der Waals surface area contributed by atoms with Crippen LogP contribution in [0, 0.1) is 0 Å². The van der Waals surface area contributed by atoms with E-state index < -0.39 is 17.3 Å². The average Bonchev–Trinajstić information content (AvgIpc) is 2.68. The number of para-hydroxylation sites is 1. The van der Waals surface area contributed by atoms with Crippen molar-refractivity contribution < 1.29 is 23.9 Å². The van der Waals surface area contributed by atoms with Gasteiger partial charge in [0, 0.05) is 23.1 Å². The van der Waals surface area contributed by atoms with E-state index in [1.807, 2.05) is 18.2 Å². The number of hydrogen-bond donors (Lipinski definition) is 2. The lowest BCUT2D eigenvalue weighted by atomic mass is 10.1. The van der Waals surface area contributed by atoms with E-state index in [9.17, 15) is 19.2 Å². The molecule has 2 atom stereocenters. The number of rotatable bonds is 6. The second-order valence-corrected chi connectivity index (χ2v) is 7.80. The molecule has 2 aromatic carbocycles. The first-order valence-electron chi connectivity index (χ1n) is 9.01. The Bertz CT molecular complexity index is 958. The van der Waals surface area contributed by atoms with Gasteiger partial charge >= 0.3 is 5.97 Å². The maximum absolute atomic E-state index is 12.5. The van der Waals surface area contributed by atoms with Crippen LogP contribution in [0.5, 0.6) is 0 Å². The van der Waals surface area contributed by atoms with Crippen molar-refractivity contribution in [2.75, 3.05) is 10.6 Å². The molecule has 29 heavy (non-hydrogen) atoms. The lowest BCUT2D eigenvalue weighted by Gasteiger charge is -2.23. The largest absolute Gasteiger partial charge is 0.454 e. The van der Waals surface area contributed by atoms with Gasteiger partial charge in [-0.1, -0.05) is 12.1 Å². The second-order valence-electron chi connectivity index (χ2n) is 6.55. The molecule has 0 radical (unpaired) electrons. The summed E-state index contributed by atoms with van der Waals surface area (Å²) < 4.78 is 5.25. The highest BCUT2D eigenvalue weighted by Gasteiger charge is 2.30. The van der Waals surface area contributed by atoms with Crippen LogP contribution < -0.4 is 10.6 Å². The van der Waals surface area contributed by atoms with E-state index in [1.54, 1.807) is 30.3 Å². The van der Waals surface area contributed by atoms with Crippen LogP contribution in [0.3, 0.4) is 0 Å². The van der Waals surface area contributed by atoms with Crippen molar-refractivity contribution in [3.05, 3.63) is 54.1 Å². The first kappa shape index (κ1) is 20.6. The van der Waals surface area contributed by atoms with Crippen LogP contribution >= 0.6 is 11.8 Å². The summed E-state index contributed by atoms with van der Waals surface area (Å²) in [5.41, 5.74) is 1.65. The summed E-state index contributed by atoms with van der Waals surface area (Å²) in [5, 5.41) is 4.77. The minimum absolute atomic E-state index is 0.135. The number of fused-ring (bicyclic) bond motifs is 1. The summed E-state index contributed by atoms with van der Waals surface area (Å²) in [6, 6.07) is 13.7. The molecule has 1 aliphatic rings. The molecule has 1 aliphatic heterocycles. The smallest absolute Gasteiger partial charge is 0.308 e. The zero-order valence-electron chi connectivity index (χ0n) is 15.9. The third-order valence-corrected chi connectivity index (χ3v) is 5.50. The van der Waals surface area contributed by atoms with Crippen molar-refractivity contribution in [2.45, 2.75) is 36.5 Å². The number of carbonyl (C=O) groups is 4. The van der Waals surface area contributed by atoms with Crippen LogP contribution in [0.15, 0.2) is 53.4 Å². The van der Waals surface area contributed by atoms with Gasteiger partial charge in [-0.3, -0.25) is 19.2 Å². The monoisotopic (exact) mass is 412 g/mol. The molecule has 0 saturated carbocycles. The molecule has 0 spiro atoms. The van der Waals surface area contributed by atoms with Crippen molar-refractivity contribution in [2.24, 2.45) is 0 Å². The highest BCUT2D eigenvalue weighted by atomic mass is 32.2. The Hall–Kier alpha value is -3.13. The fourth-order valence-electron chi connectivity index (χ4n) is 2.83. The summed E-state index contributed by atoms with van der Waals surface area (Å²) in [4.78, 5) is 48.9.